The van der Waals surface area contributed by atoms with E-state index in [0.717, 1.165) is 6.92 Å². The van der Waals surface area contributed by atoms with E-state index in [0.29, 0.717) is 25.9 Å². The van der Waals surface area contributed by atoms with Crippen LogP contribution >= 0.6 is 0 Å². The first-order valence-corrected chi connectivity index (χ1v) is 7.26. The van der Waals surface area contributed by atoms with Crippen molar-refractivity contribution in [2.24, 2.45) is 0 Å². The largest absolute Gasteiger partial charge is 0.444 e. The molecule has 1 aromatic heterocycles. The van der Waals surface area contributed by atoms with Crippen molar-refractivity contribution in [1.82, 2.24) is 15.0 Å². The topological polar surface area (TPSA) is 68.5 Å². The first-order chi connectivity index (χ1) is 10.1. The lowest BCUT2D eigenvalue weighted by atomic mass is 9.96. The Morgan fingerprint density at radius 2 is 1.86 bits per heavy atom. The number of hydrogen-bond donors (Lipinski definition) is 0. The SMILES string of the molecule is CC(C)(C)OC(=O)N1CCC(c2noc(C(C)(F)F)n2)CC1. The van der Waals surface area contributed by atoms with Crippen molar-refractivity contribution >= 4 is 6.09 Å². The molecule has 0 aliphatic carbocycles. The molecule has 0 saturated carbocycles. The summed E-state index contributed by atoms with van der Waals surface area (Å²) in [5.41, 5.74) is -0.538. The molecule has 0 N–H and O–H groups in total. The predicted octanol–water partition coefficient (Wildman–Crippen LogP) is 3.30. The number of nitrogens with zero attached hydrogens (tertiary/aromatic N) is 3. The zero-order valence-corrected chi connectivity index (χ0v) is 13.2. The minimum absolute atomic E-state index is 0.0847. The van der Waals surface area contributed by atoms with Crippen molar-refractivity contribution in [3.8, 4) is 0 Å². The van der Waals surface area contributed by atoms with Gasteiger partial charge in [-0.05, 0) is 33.6 Å². The Bertz CT molecular complexity index is 526. The van der Waals surface area contributed by atoms with Crippen molar-refractivity contribution in [2.75, 3.05) is 13.1 Å². The Labute approximate surface area is 127 Å². The first kappa shape index (κ1) is 16.6. The molecule has 2 rings (SSSR count). The zero-order chi connectivity index (χ0) is 16.5. The molecule has 1 aliphatic heterocycles. The van der Waals surface area contributed by atoms with E-state index in [1.165, 1.54) is 0 Å². The van der Waals surface area contributed by atoms with Gasteiger partial charge in [-0.25, -0.2) is 4.79 Å². The summed E-state index contributed by atoms with van der Waals surface area (Å²) < 4.78 is 36.1. The third-order valence-electron chi connectivity index (χ3n) is 3.33. The van der Waals surface area contributed by atoms with Crippen LogP contribution in [0.2, 0.25) is 0 Å². The highest BCUT2D eigenvalue weighted by Gasteiger charge is 2.35. The Balaban J connectivity index is 1.92. The second kappa shape index (κ2) is 5.81. The van der Waals surface area contributed by atoms with Gasteiger partial charge in [-0.15, -0.1) is 0 Å². The normalized spacial score (nSPS) is 17.6. The smallest absolute Gasteiger partial charge is 0.410 e. The second-order valence-corrected chi connectivity index (χ2v) is 6.59. The summed E-state index contributed by atoms with van der Waals surface area (Å²) in [6.07, 6.45) is 0.820. The van der Waals surface area contributed by atoms with Gasteiger partial charge in [0.05, 0.1) is 0 Å². The summed E-state index contributed by atoms with van der Waals surface area (Å²) in [5, 5.41) is 3.63. The van der Waals surface area contributed by atoms with Gasteiger partial charge in [-0.3, -0.25) is 0 Å². The fourth-order valence-corrected chi connectivity index (χ4v) is 2.23. The number of hydrogen-bond acceptors (Lipinski definition) is 5. The van der Waals surface area contributed by atoms with Gasteiger partial charge in [0.15, 0.2) is 5.82 Å². The lowest BCUT2D eigenvalue weighted by Gasteiger charge is -2.32. The van der Waals surface area contributed by atoms with Gasteiger partial charge < -0.3 is 14.2 Å². The number of amides is 1. The number of ether oxygens (including phenoxy) is 1. The van der Waals surface area contributed by atoms with Crippen LogP contribution in [-0.2, 0) is 10.7 Å². The molecular formula is C14H21F2N3O3. The summed E-state index contributed by atoms with van der Waals surface area (Å²) in [4.78, 5) is 17.3. The number of aromatic nitrogens is 2. The molecule has 8 heteroatoms. The van der Waals surface area contributed by atoms with Gasteiger partial charge in [0.25, 0.3) is 5.89 Å². The van der Waals surface area contributed by atoms with Crippen molar-refractivity contribution in [3.63, 3.8) is 0 Å². The first-order valence-electron chi connectivity index (χ1n) is 7.26. The maximum absolute atomic E-state index is 13.1. The minimum Gasteiger partial charge on any atom is -0.444 e. The molecule has 1 fully saturated rings. The summed E-state index contributed by atoms with van der Waals surface area (Å²) in [5.74, 6) is -3.61. The lowest BCUT2D eigenvalue weighted by Crippen LogP contribution is -2.41. The van der Waals surface area contributed by atoms with E-state index in [4.69, 9.17) is 4.74 Å². The van der Waals surface area contributed by atoms with Crippen LogP contribution < -0.4 is 0 Å². The van der Waals surface area contributed by atoms with Gasteiger partial charge >= 0.3 is 12.0 Å². The molecular weight excluding hydrogens is 296 g/mol. The Hall–Kier alpha value is -1.73. The Morgan fingerprint density at radius 1 is 1.27 bits per heavy atom. The number of piperidine rings is 1. The fourth-order valence-electron chi connectivity index (χ4n) is 2.23. The summed E-state index contributed by atoms with van der Waals surface area (Å²) in [6, 6.07) is 0. The third-order valence-corrected chi connectivity index (χ3v) is 3.33. The van der Waals surface area contributed by atoms with E-state index in [9.17, 15) is 13.6 Å². The number of carbonyl (C=O) groups excluding carboxylic acids is 1. The van der Waals surface area contributed by atoms with E-state index in [2.05, 4.69) is 14.7 Å². The molecule has 0 unspecified atom stereocenters. The molecule has 22 heavy (non-hydrogen) atoms. The van der Waals surface area contributed by atoms with Crippen LogP contribution in [0.1, 0.15) is 58.2 Å². The summed E-state index contributed by atoms with van der Waals surface area (Å²) in [6.45, 7) is 7.10. The van der Waals surface area contributed by atoms with E-state index in [1.807, 2.05) is 20.8 Å². The highest BCUT2D eigenvalue weighted by Crippen LogP contribution is 2.30. The Morgan fingerprint density at radius 3 is 2.32 bits per heavy atom. The van der Waals surface area contributed by atoms with Crippen LogP contribution in [0.5, 0.6) is 0 Å². The maximum atomic E-state index is 13.1. The summed E-state index contributed by atoms with van der Waals surface area (Å²) >= 11 is 0. The highest BCUT2D eigenvalue weighted by molar-refractivity contribution is 5.68. The molecule has 1 saturated heterocycles. The molecule has 0 radical (unpaired) electrons. The van der Waals surface area contributed by atoms with E-state index in [-0.39, 0.29) is 17.8 Å². The number of rotatable bonds is 2. The van der Waals surface area contributed by atoms with Gasteiger partial charge in [0.1, 0.15) is 5.60 Å². The standard InChI is InChI=1S/C14H21F2N3O3/c1-13(2,3)21-12(20)19-7-5-9(6-8-19)10-17-11(22-18-10)14(4,15)16/h9H,5-8H2,1-4H3. The fraction of sp³-hybridized carbons (Fsp3) is 0.786. The number of carbonyl (C=O) groups is 1. The van der Waals surface area contributed by atoms with Gasteiger partial charge in [0, 0.05) is 25.9 Å². The van der Waals surface area contributed by atoms with Gasteiger partial charge in [-0.1, -0.05) is 5.16 Å². The molecule has 1 aliphatic rings. The minimum atomic E-state index is -3.14. The molecule has 0 aromatic carbocycles. The summed E-state index contributed by atoms with van der Waals surface area (Å²) in [7, 11) is 0. The van der Waals surface area contributed by atoms with E-state index < -0.39 is 17.4 Å². The van der Waals surface area contributed by atoms with Gasteiger partial charge in [0.2, 0.25) is 0 Å². The molecule has 6 nitrogen and oxygen atoms in total. The maximum Gasteiger partial charge on any atom is 0.410 e. The molecule has 0 atom stereocenters. The van der Waals surface area contributed by atoms with Crippen LogP contribution in [0.4, 0.5) is 13.6 Å². The molecule has 1 amide bonds. The predicted molar refractivity (Wildman–Crippen MR) is 73.6 cm³/mol. The highest BCUT2D eigenvalue weighted by atomic mass is 19.3. The number of halogens is 2. The van der Waals surface area contributed by atoms with Crippen LogP contribution in [0.25, 0.3) is 0 Å². The van der Waals surface area contributed by atoms with Crippen molar-refractivity contribution in [3.05, 3.63) is 11.7 Å². The quantitative estimate of drug-likeness (QED) is 0.837. The van der Waals surface area contributed by atoms with E-state index >= 15 is 0 Å². The number of likely N-dealkylation sites (tertiary alicyclic amines) is 1. The van der Waals surface area contributed by atoms with Gasteiger partial charge in [-0.2, -0.15) is 13.8 Å². The lowest BCUT2D eigenvalue weighted by molar-refractivity contribution is -0.0158. The van der Waals surface area contributed by atoms with Crippen molar-refractivity contribution in [2.45, 2.75) is 58.0 Å². The average Bonchev–Trinajstić information content (AvgIpc) is 2.86. The number of alkyl halides is 2. The van der Waals surface area contributed by atoms with Crippen LogP contribution in [0, 0.1) is 0 Å². The average molecular weight is 317 g/mol. The van der Waals surface area contributed by atoms with Crippen molar-refractivity contribution < 1.29 is 22.8 Å². The van der Waals surface area contributed by atoms with Crippen LogP contribution in [0.3, 0.4) is 0 Å². The Kier molecular flexibility index (Phi) is 4.39. The monoisotopic (exact) mass is 317 g/mol. The molecule has 124 valence electrons. The van der Waals surface area contributed by atoms with E-state index in [1.54, 1.807) is 4.90 Å². The van der Waals surface area contributed by atoms with Crippen LogP contribution in [0.15, 0.2) is 4.52 Å². The molecule has 1 aromatic rings. The molecule has 0 spiro atoms. The zero-order valence-electron chi connectivity index (χ0n) is 13.2. The van der Waals surface area contributed by atoms with Crippen LogP contribution in [-0.4, -0.2) is 39.8 Å². The second-order valence-electron chi connectivity index (χ2n) is 6.59. The third kappa shape index (κ3) is 4.14. The van der Waals surface area contributed by atoms with Crippen molar-refractivity contribution in [1.29, 1.82) is 0 Å². The molecule has 0 bridgehead atoms. The molecule has 2 heterocycles.